The Bertz CT molecular complexity index is 508. The maximum Gasteiger partial charge on any atom is 0.337 e. The second-order valence-electron chi connectivity index (χ2n) is 6.01. The quantitative estimate of drug-likeness (QED) is 0.726. The van der Waals surface area contributed by atoms with Crippen molar-refractivity contribution in [1.82, 2.24) is 4.90 Å². The molecule has 1 aliphatic heterocycles. The van der Waals surface area contributed by atoms with Gasteiger partial charge < -0.3 is 21.1 Å². The molecule has 0 spiro atoms. The van der Waals surface area contributed by atoms with E-state index in [-0.39, 0.29) is 5.56 Å². The number of carbonyl (C=O) groups is 1. The number of nitrogens with zero attached hydrogens (tertiary/aromatic N) is 1. The van der Waals surface area contributed by atoms with Crippen LogP contribution in [-0.4, -0.2) is 42.2 Å². The molecule has 1 fully saturated rings. The number of aryl methyl sites for hydroxylation is 1. The summed E-state index contributed by atoms with van der Waals surface area (Å²) in [6, 6.07) is 3.52. The van der Waals surface area contributed by atoms with E-state index in [2.05, 4.69) is 17.1 Å². The van der Waals surface area contributed by atoms with Crippen LogP contribution in [0.1, 0.15) is 35.7 Å². The van der Waals surface area contributed by atoms with Crippen molar-refractivity contribution < 1.29 is 9.90 Å². The van der Waals surface area contributed by atoms with Crippen molar-refractivity contribution in [3.8, 4) is 0 Å². The number of hydrogen-bond acceptors (Lipinski definition) is 4. The molecule has 2 rings (SSSR count). The van der Waals surface area contributed by atoms with Gasteiger partial charge in [0.05, 0.1) is 5.56 Å². The number of nitrogens with two attached hydrogens (primary N) is 1. The van der Waals surface area contributed by atoms with Crippen LogP contribution in [0.4, 0.5) is 11.4 Å². The molecule has 0 bridgehead atoms. The van der Waals surface area contributed by atoms with E-state index < -0.39 is 5.97 Å². The van der Waals surface area contributed by atoms with Crippen LogP contribution in [0, 0.1) is 12.8 Å². The zero-order chi connectivity index (χ0) is 15.4. The van der Waals surface area contributed by atoms with Gasteiger partial charge in [0, 0.05) is 24.5 Å². The summed E-state index contributed by atoms with van der Waals surface area (Å²) in [5.41, 5.74) is 7.93. The molecule has 0 aromatic heterocycles. The van der Waals surface area contributed by atoms with Gasteiger partial charge in [-0.3, -0.25) is 0 Å². The van der Waals surface area contributed by atoms with E-state index in [1.807, 2.05) is 13.0 Å². The highest BCUT2D eigenvalue weighted by atomic mass is 16.4. The first-order valence-electron chi connectivity index (χ1n) is 7.57. The van der Waals surface area contributed by atoms with E-state index in [0.29, 0.717) is 5.69 Å². The third-order valence-corrected chi connectivity index (χ3v) is 4.25. The highest BCUT2D eigenvalue weighted by Crippen LogP contribution is 2.23. The molecule has 1 saturated heterocycles. The number of benzene rings is 1. The lowest BCUT2D eigenvalue weighted by Crippen LogP contribution is -2.36. The first-order chi connectivity index (χ1) is 9.97. The summed E-state index contributed by atoms with van der Waals surface area (Å²) >= 11 is 0. The molecular weight excluding hydrogens is 266 g/mol. The molecule has 1 aromatic rings. The van der Waals surface area contributed by atoms with Crippen LogP contribution in [-0.2, 0) is 0 Å². The van der Waals surface area contributed by atoms with Gasteiger partial charge in [0.25, 0.3) is 0 Å². The largest absolute Gasteiger partial charge is 0.478 e. The lowest BCUT2D eigenvalue weighted by Gasteiger charge is -2.30. The molecule has 0 saturated carbocycles. The smallest absolute Gasteiger partial charge is 0.337 e. The summed E-state index contributed by atoms with van der Waals surface area (Å²) < 4.78 is 0. The fourth-order valence-corrected chi connectivity index (χ4v) is 2.72. The number of rotatable bonds is 5. The first kappa shape index (κ1) is 15.6. The van der Waals surface area contributed by atoms with Gasteiger partial charge in [-0.05, 0) is 56.5 Å². The van der Waals surface area contributed by atoms with E-state index >= 15 is 0 Å². The molecule has 5 nitrogen and oxygen atoms in total. The predicted octanol–water partition coefficient (Wildman–Crippen LogP) is 2.42. The Morgan fingerprint density at radius 3 is 2.71 bits per heavy atom. The third-order valence-electron chi connectivity index (χ3n) is 4.25. The van der Waals surface area contributed by atoms with Crippen molar-refractivity contribution in [2.75, 3.05) is 37.2 Å². The molecule has 0 amide bonds. The molecular formula is C16H25N3O2. The number of likely N-dealkylation sites (tertiary alicyclic amines) is 1. The van der Waals surface area contributed by atoms with Crippen molar-refractivity contribution in [3.05, 3.63) is 23.3 Å². The Balaban J connectivity index is 1.90. The number of nitrogen functional groups attached to an aromatic ring is 1. The van der Waals surface area contributed by atoms with Crippen LogP contribution in [0.2, 0.25) is 0 Å². The standard InChI is InChI=1S/C16H25N3O2/c1-11-3-6-19(7-4-11)8-5-18-13-9-12(2)15(17)14(10-13)16(20)21/h9-11,18H,3-8,17H2,1-2H3,(H,20,21). The molecule has 116 valence electrons. The van der Waals surface area contributed by atoms with E-state index in [0.717, 1.165) is 43.3 Å². The number of piperidine rings is 1. The molecule has 21 heavy (non-hydrogen) atoms. The average molecular weight is 291 g/mol. The Labute approximate surface area is 126 Å². The molecule has 4 N–H and O–H groups in total. The SMILES string of the molecule is Cc1cc(NCCN2CCC(C)CC2)cc(C(=O)O)c1N. The van der Waals surface area contributed by atoms with Gasteiger partial charge in [-0.1, -0.05) is 6.92 Å². The van der Waals surface area contributed by atoms with Gasteiger partial charge in [-0.25, -0.2) is 4.79 Å². The fourth-order valence-electron chi connectivity index (χ4n) is 2.72. The van der Waals surface area contributed by atoms with Gasteiger partial charge in [0.1, 0.15) is 0 Å². The van der Waals surface area contributed by atoms with E-state index in [1.165, 1.54) is 12.8 Å². The monoisotopic (exact) mass is 291 g/mol. The van der Waals surface area contributed by atoms with Crippen LogP contribution in [0.3, 0.4) is 0 Å². The normalized spacial score (nSPS) is 16.9. The van der Waals surface area contributed by atoms with Gasteiger partial charge in [-0.2, -0.15) is 0 Å². The van der Waals surface area contributed by atoms with Crippen molar-refractivity contribution in [1.29, 1.82) is 0 Å². The van der Waals surface area contributed by atoms with Crippen molar-refractivity contribution >= 4 is 17.3 Å². The summed E-state index contributed by atoms with van der Waals surface area (Å²) in [7, 11) is 0. The summed E-state index contributed by atoms with van der Waals surface area (Å²) in [4.78, 5) is 13.6. The zero-order valence-corrected chi connectivity index (χ0v) is 12.9. The maximum atomic E-state index is 11.2. The number of anilines is 2. The average Bonchev–Trinajstić information content (AvgIpc) is 2.44. The van der Waals surface area contributed by atoms with Gasteiger partial charge >= 0.3 is 5.97 Å². The molecule has 0 aliphatic carbocycles. The summed E-state index contributed by atoms with van der Waals surface area (Å²) in [5, 5.41) is 12.5. The van der Waals surface area contributed by atoms with E-state index in [1.54, 1.807) is 6.07 Å². The van der Waals surface area contributed by atoms with Crippen molar-refractivity contribution in [3.63, 3.8) is 0 Å². The minimum atomic E-state index is -0.982. The highest BCUT2D eigenvalue weighted by Gasteiger charge is 2.15. The molecule has 0 unspecified atom stereocenters. The Kier molecular flexibility index (Phi) is 5.07. The molecule has 0 atom stereocenters. The van der Waals surface area contributed by atoms with Crippen LogP contribution in [0.25, 0.3) is 0 Å². The summed E-state index contributed by atoms with van der Waals surface area (Å²) in [6.45, 7) is 8.25. The first-order valence-corrected chi connectivity index (χ1v) is 7.57. The number of carboxylic acid groups (broad SMARTS) is 1. The van der Waals surface area contributed by atoms with Gasteiger partial charge in [-0.15, -0.1) is 0 Å². The molecule has 1 aromatic carbocycles. The second-order valence-corrected chi connectivity index (χ2v) is 6.01. The lowest BCUT2D eigenvalue weighted by molar-refractivity contribution is 0.0698. The van der Waals surface area contributed by atoms with Crippen molar-refractivity contribution in [2.24, 2.45) is 5.92 Å². The molecule has 5 heteroatoms. The predicted molar refractivity (Wildman–Crippen MR) is 85.9 cm³/mol. The topological polar surface area (TPSA) is 78.6 Å². The number of hydrogen-bond donors (Lipinski definition) is 3. The fraction of sp³-hybridized carbons (Fsp3) is 0.562. The van der Waals surface area contributed by atoms with Crippen LogP contribution >= 0.6 is 0 Å². The zero-order valence-electron chi connectivity index (χ0n) is 12.9. The second kappa shape index (κ2) is 6.80. The van der Waals surface area contributed by atoms with E-state index in [4.69, 9.17) is 10.8 Å². The minimum absolute atomic E-state index is 0.171. The van der Waals surface area contributed by atoms with Crippen molar-refractivity contribution in [2.45, 2.75) is 26.7 Å². The van der Waals surface area contributed by atoms with E-state index in [9.17, 15) is 4.79 Å². The maximum absolute atomic E-state index is 11.2. The molecule has 1 aliphatic rings. The van der Waals surface area contributed by atoms with Crippen LogP contribution in [0.5, 0.6) is 0 Å². The van der Waals surface area contributed by atoms with Crippen LogP contribution < -0.4 is 11.1 Å². The lowest BCUT2D eigenvalue weighted by atomic mass is 9.99. The Morgan fingerprint density at radius 1 is 1.43 bits per heavy atom. The van der Waals surface area contributed by atoms with Gasteiger partial charge in [0.2, 0.25) is 0 Å². The molecule has 1 heterocycles. The minimum Gasteiger partial charge on any atom is -0.478 e. The molecule has 0 radical (unpaired) electrons. The van der Waals surface area contributed by atoms with Gasteiger partial charge in [0.15, 0.2) is 0 Å². The third kappa shape index (κ3) is 4.11. The summed E-state index contributed by atoms with van der Waals surface area (Å²) in [6.07, 6.45) is 2.54. The number of aromatic carboxylic acids is 1. The summed E-state index contributed by atoms with van der Waals surface area (Å²) in [5.74, 6) is -0.142. The highest BCUT2D eigenvalue weighted by molar-refractivity contribution is 5.95. The Hall–Kier alpha value is -1.75. The van der Waals surface area contributed by atoms with Crippen LogP contribution in [0.15, 0.2) is 12.1 Å². The Morgan fingerprint density at radius 2 is 2.10 bits per heavy atom. The number of carboxylic acids is 1. The number of nitrogens with one attached hydrogen (secondary N) is 1.